The van der Waals surface area contributed by atoms with E-state index in [1.807, 2.05) is 0 Å². The minimum absolute atomic E-state index is 0.0632. The number of unbranched alkanes of at least 4 members (excludes halogenated alkanes) is 1. The summed E-state index contributed by atoms with van der Waals surface area (Å²) in [6, 6.07) is 0.186. The molecule has 0 aromatic rings. The number of guanidine groups is 1. The molecule has 0 aromatic heterocycles. The molecule has 1 aliphatic heterocycles. The highest BCUT2D eigenvalue weighted by atomic mass is 16.2. The van der Waals surface area contributed by atoms with E-state index in [-0.39, 0.29) is 17.9 Å². The molecular weight excluding hydrogens is 388 g/mol. The number of nitrogens with two attached hydrogens (primary N) is 1. The molecule has 1 saturated carbocycles. The lowest BCUT2D eigenvalue weighted by molar-refractivity contribution is -0.126. The third-order valence-corrected chi connectivity index (χ3v) is 6.34. The zero-order valence-corrected chi connectivity index (χ0v) is 20.8. The van der Waals surface area contributed by atoms with Gasteiger partial charge < -0.3 is 11.1 Å². The van der Waals surface area contributed by atoms with Gasteiger partial charge in [-0.2, -0.15) is 0 Å². The van der Waals surface area contributed by atoms with Gasteiger partial charge in [0.05, 0.1) is 0 Å². The maximum absolute atomic E-state index is 11.7. The summed E-state index contributed by atoms with van der Waals surface area (Å²) < 4.78 is 0. The first-order chi connectivity index (χ1) is 14.8. The molecule has 0 saturated heterocycles. The lowest BCUT2D eigenvalue weighted by Crippen LogP contribution is -2.35. The number of hydrogen-bond donors (Lipinski definition) is 2. The summed E-state index contributed by atoms with van der Waals surface area (Å²) in [4.78, 5) is 28.9. The second-order valence-corrected chi connectivity index (χ2v) is 9.77. The molecule has 2 rings (SSSR count). The van der Waals surface area contributed by atoms with E-state index in [4.69, 9.17) is 5.73 Å². The SMILES string of the molecule is CCCCC(=O)NC(CCC)CC(C)C.CN1C(=O)[C@H](CCC2CCCCC2)N=C1N. The second-order valence-electron chi connectivity index (χ2n) is 9.77. The van der Waals surface area contributed by atoms with Crippen LogP contribution in [0.4, 0.5) is 0 Å². The number of carbonyl (C=O) groups is 2. The summed E-state index contributed by atoms with van der Waals surface area (Å²) in [5.74, 6) is 2.14. The molecule has 1 unspecified atom stereocenters. The third kappa shape index (κ3) is 11.0. The maximum Gasteiger partial charge on any atom is 0.253 e. The van der Waals surface area contributed by atoms with Gasteiger partial charge in [-0.15, -0.1) is 0 Å². The molecule has 31 heavy (non-hydrogen) atoms. The first kappa shape index (κ1) is 27.4. The Balaban J connectivity index is 0.000000311. The molecule has 180 valence electrons. The maximum atomic E-state index is 11.7. The van der Waals surface area contributed by atoms with Gasteiger partial charge in [-0.25, -0.2) is 4.99 Å². The second kappa shape index (κ2) is 15.3. The quantitative estimate of drug-likeness (QED) is 0.477. The first-order valence-electron chi connectivity index (χ1n) is 12.7. The van der Waals surface area contributed by atoms with Gasteiger partial charge in [-0.05, 0) is 43.9 Å². The fourth-order valence-electron chi connectivity index (χ4n) is 4.50. The first-order valence-corrected chi connectivity index (χ1v) is 12.7. The summed E-state index contributed by atoms with van der Waals surface area (Å²) in [6.45, 7) is 8.71. The van der Waals surface area contributed by atoms with E-state index in [0.29, 0.717) is 24.3 Å². The smallest absolute Gasteiger partial charge is 0.253 e. The molecule has 0 aromatic carbocycles. The average molecular weight is 437 g/mol. The molecule has 6 heteroatoms. The Morgan fingerprint density at radius 1 is 1.16 bits per heavy atom. The van der Waals surface area contributed by atoms with Gasteiger partial charge in [0.1, 0.15) is 6.04 Å². The molecule has 1 heterocycles. The van der Waals surface area contributed by atoms with Crippen LogP contribution < -0.4 is 11.1 Å². The summed E-state index contributed by atoms with van der Waals surface area (Å²) in [5, 5.41) is 3.15. The standard InChI is InChI=1S/C13H27NO.C12H21N3O/c1-5-7-9-13(15)14-12(8-6-2)10-11(3)4;1-15-11(16)10(14-12(15)13)8-7-9-5-3-2-4-6-9/h11-12H,5-10H2,1-4H3,(H,14,15);9-10H,2-8H2,1H3,(H2,13,14)/t;10-/m.0/s1. The van der Waals surface area contributed by atoms with Crippen molar-refractivity contribution in [1.82, 2.24) is 10.2 Å². The van der Waals surface area contributed by atoms with Crippen LogP contribution in [0.3, 0.4) is 0 Å². The van der Waals surface area contributed by atoms with Crippen LogP contribution in [0.2, 0.25) is 0 Å². The molecule has 1 aliphatic carbocycles. The number of hydrogen-bond acceptors (Lipinski definition) is 4. The topological polar surface area (TPSA) is 87.8 Å². The van der Waals surface area contributed by atoms with E-state index < -0.39 is 0 Å². The molecule has 2 atom stereocenters. The van der Waals surface area contributed by atoms with Crippen molar-refractivity contribution in [2.75, 3.05) is 7.05 Å². The van der Waals surface area contributed by atoms with Crippen LogP contribution in [0, 0.1) is 11.8 Å². The summed E-state index contributed by atoms with van der Waals surface area (Å²) in [5.41, 5.74) is 5.62. The van der Waals surface area contributed by atoms with Gasteiger partial charge in [0.2, 0.25) is 5.91 Å². The Hall–Kier alpha value is -1.59. The molecular formula is C25H48N4O2. The highest BCUT2D eigenvalue weighted by Gasteiger charge is 2.30. The Kier molecular flexibility index (Phi) is 13.5. The molecule has 0 bridgehead atoms. The molecule has 0 radical (unpaired) electrons. The van der Waals surface area contributed by atoms with Gasteiger partial charge in [0, 0.05) is 19.5 Å². The monoisotopic (exact) mass is 436 g/mol. The van der Waals surface area contributed by atoms with Crippen molar-refractivity contribution in [3.63, 3.8) is 0 Å². The van der Waals surface area contributed by atoms with Crippen molar-refractivity contribution < 1.29 is 9.59 Å². The number of aliphatic imine (C=N–C) groups is 1. The van der Waals surface area contributed by atoms with Crippen molar-refractivity contribution >= 4 is 17.8 Å². The summed E-state index contributed by atoms with van der Waals surface area (Å²) >= 11 is 0. The third-order valence-electron chi connectivity index (χ3n) is 6.34. The van der Waals surface area contributed by atoms with Crippen molar-refractivity contribution in [3.8, 4) is 0 Å². The number of nitrogens with one attached hydrogen (secondary N) is 1. The number of nitrogens with zero attached hydrogens (tertiary/aromatic N) is 2. The number of carbonyl (C=O) groups excluding carboxylic acids is 2. The van der Waals surface area contributed by atoms with Crippen molar-refractivity contribution in [1.29, 1.82) is 0 Å². The molecule has 0 spiro atoms. The predicted octanol–water partition coefficient (Wildman–Crippen LogP) is 5.01. The van der Waals surface area contributed by atoms with E-state index >= 15 is 0 Å². The molecule has 2 amide bonds. The molecule has 6 nitrogen and oxygen atoms in total. The van der Waals surface area contributed by atoms with Crippen LogP contribution >= 0.6 is 0 Å². The highest BCUT2D eigenvalue weighted by Crippen LogP contribution is 2.28. The van der Waals surface area contributed by atoms with Crippen LogP contribution in [0.5, 0.6) is 0 Å². The van der Waals surface area contributed by atoms with Crippen LogP contribution in [-0.2, 0) is 9.59 Å². The van der Waals surface area contributed by atoms with E-state index in [1.165, 1.54) is 37.0 Å². The summed E-state index contributed by atoms with van der Waals surface area (Å²) in [6.07, 6.45) is 14.9. The predicted molar refractivity (Wildman–Crippen MR) is 130 cm³/mol. The van der Waals surface area contributed by atoms with Gasteiger partial charge in [0.25, 0.3) is 5.91 Å². The minimum atomic E-state index is -0.202. The van der Waals surface area contributed by atoms with Gasteiger partial charge in [-0.1, -0.05) is 72.6 Å². The van der Waals surface area contributed by atoms with Gasteiger partial charge in [-0.3, -0.25) is 14.5 Å². The van der Waals surface area contributed by atoms with Crippen LogP contribution in [0.15, 0.2) is 4.99 Å². The number of amides is 2. The van der Waals surface area contributed by atoms with E-state index in [1.54, 1.807) is 7.05 Å². The number of rotatable bonds is 11. The fourth-order valence-corrected chi connectivity index (χ4v) is 4.50. The zero-order valence-electron chi connectivity index (χ0n) is 20.8. The van der Waals surface area contributed by atoms with Crippen LogP contribution in [-0.4, -0.2) is 41.8 Å². The summed E-state index contributed by atoms with van der Waals surface area (Å²) in [7, 11) is 1.70. The van der Waals surface area contributed by atoms with Crippen LogP contribution in [0.25, 0.3) is 0 Å². The number of likely N-dealkylation sites (N-methyl/N-ethyl adjacent to an activating group) is 1. The van der Waals surface area contributed by atoms with Gasteiger partial charge in [0.15, 0.2) is 5.96 Å². The lowest BCUT2D eigenvalue weighted by atomic mass is 9.85. The zero-order chi connectivity index (χ0) is 23.2. The Labute approximate surface area is 190 Å². The van der Waals surface area contributed by atoms with E-state index in [9.17, 15) is 9.59 Å². The fraction of sp³-hybridized carbons (Fsp3) is 0.880. The lowest BCUT2D eigenvalue weighted by Gasteiger charge is -2.21. The largest absolute Gasteiger partial charge is 0.369 e. The molecule has 1 fully saturated rings. The van der Waals surface area contributed by atoms with E-state index in [2.05, 4.69) is 38.0 Å². The van der Waals surface area contributed by atoms with Crippen molar-refractivity contribution in [2.45, 2.75) is 123 Å². The minimum Gasteiger partial charge on any atom is -0.369 e. The highest BCUT2D eigenvalue weighted by molar-refractivity contribution is 6.03. The molecule has 3 N–H and O–H groups in total. The van der Waals surface area contributed by atoms with Gasteiger partial charge >= 0.3 is 0 Å². The van der Waals surface area contributed by atoms with Crippen molar-refractivity contribution in [3.05, 3.63) is 0 Å². The Bertz CT molecular complexity index is 556. The normalized spacial score (nSPS) is 20.3. The van der Waals surface area contributed by atoms with Crippen LogP contribution in [0.1, 0.15) is 111 Å². The Morgan fingerprint density at radius 2 is 1.84 bits per heavy atom. The van der Waals surface area contributed by atoms with Crippen molar-refractivity contribution in [2.24, 2.45) is 22.6 Å². The average Bonchev–Trinajstić information content (AvgIpc) is 2.98. The van der Waals surface area contributed by atoms with E-state index in [0.717, 1.165) is 50.9 Å². The Morgan fingerprint density at radius 3 is 2.35 bits per heavy atom. The molecule has 2 aliphatic rings.